The highest BCUT2D eigenvalue weighted by atomic mass is 35.5. The van der Waals surface area contributed by atoms with Gasteiger partial charge in [0.05, 0.1) is 17.2 Å². The fraction of sp³-hybridized carbons (Fsp3) is 0.304. The van der Waals surface area contributed by atoms with E-state index in [0.717, 1.165) is 28.5 Å². The van der Waals surface area contributed by atoms with Crippen LogP contribution in [0.1, 0.15) is 34.5 Å². The van der Waals surface area contributed by atoms with Crippen molar-refractivity contribution < 1.29 is 33.0 Å². The zero-order valence-corrected chi connectivity index (χ0v) is 19.2. The topological polar surface area (TPSA) is 114 Å². The van der Waals surface area contributed by atoms with Gasteiger partial charge in [-0.15, -0.1) is 0 Å². The zero-order chi connectivity index (χ0) is 25.5. The second kappa shape index (κ2) is 11.9. The van der Waals surface area contributed by atoms with E-state index >= 15 is 0 Å². The van der Waals surface area contributed by atoms with E-state index in [0.29, 0.717) is 17.1 Å². The Balaban J connectivity index is 0.000000509. The molecular weight excluding hydrogens is 475 g/mol. The van der Waals surface area contributed by atoms with E-state index in [4.69, 9.17) is 21.5 Å². The predicted octanol–water partition coefficient (Wildman–Crippen LogP) is 4.07. The first kappa shape index (κ1) is 27.2. The molecule has 1 amide bonds. The summed E-state index contributed by atoms with van der Waals surface area (Å²) in [7, 11) is 1.63. The maximum Gasteiger partial charge on any atom is 0.490 e. The smallest absolute Gasteiger partial charge is 0.475 e. The number of aliphatic hydroxyl groups is 1. The quantitative estimate of drug-likeness (QED) is 0.336. The molecule has 0 spiro atoms. The Morgan fingerprint density at radius 1 is 1.18 bits per heavy atom. The number of fused-ring (bicyclic) bond motifs is 1. The normalized spacial score (nSPS) is 13.0. The molecule has 0 bridgehead atoms. The van der Waals surface area contributed by atoms with E-state index in [1.807, 2.05) is 36.5 Å². The molecule has 0 aliphatic rings. The van der Waals surface area contributed by atoms with Crippen molar-refractivity contribution in [3.8, 4) is 0 Å². The van der Waals surface area contributed by atoms with Crippen molar-refractivity contribution in [2.24, 2.45) is 0 Å². The van der Waals surface area contributed by atoms with Crippen molar-refractivity contribution >= 4 is 34.4 Å². The number of aromatic amines is 1. The third-order valence-electron chi connectivity index (χ3n) is 4.93. The second-order valence-electron chi connectivity index (χ2n) is 7.51. The molecule has 1 aromatic heterocycles. The Morgan fingerprint density at radius 3 is 2.41 bits per heavy atom. The summed E-state index contributed by atoms with van der Waals surface area (Å²) in [6.45, 7) is 2.51. The van der Waals surface area contributed by atoms with Crippen LogP contribution in [0.4, 0.5) is 13.2 Å². The highest BCUT2D eigenvalue weighted by Gasteiger charge is 2.38. The molecule has 34 heavy (non-hydrogen) atoms. The molecule has 0 unspecified atom stereocenters. The van der Waals surface area contributed by atoms with Crippen molar-refractivity contribution in [2.75, 3.05) is 13.6 Å². The third kappa shape index (κ3) is 7.47. The van der Waals surface area contributed by atoms with Gasteiger partial charge >= 0.3 is 12.1 Å². The molecule has 2 aromatic carbocycles. The zero-order valence-electron chi connectivity index (χ0n) is 18.4. The Kier molecular flexibility index (Phi) is 9.48. The Morgan fingerprint density at radius 2 is 1.82 bits per heavy atom. The summed E-state index contributed by atoms with van der Waals surface area (Å²) in [5.41, 5.74) is 3.41. The summed E-state index contributed by atoms with van der Waals surface area (Å²) in [6, 6.07) is 13.1. The van der Waals surface area contributed by atoms with E-state index in [9.17, 15) is 23.1 Å². The number of aliphatic hydroxyl groups excluding tert-OH is 1. The number of carboxylic acid groups (broad SMARTS) is 1. The van der Waals surface area contributed by atoms with E-state index in [1.54, 1.807) is 19.2 Å². The van der Waals surface area contributed by atoms with Crippen molar-refractivity contribution in [2.45, 2.75) is 31.7 Å². The van der Waals surface area contributed by atoms with Gasteiger partial charge in [0.25, 0.3) is 5.91 Å². The number of para-hydroxylation sites is 1. The summed E-state index contributed by atoms with van der Waals surface area (Å²) in [5.74, 6) is -2.86. The highest BCUT2D eigenvalue weighted by Crippen LogP contribution is 2.23. The van der Waals surface area contributed by atoms with E-state index in [1.165, 1.54) is 0 Å². The fourth-order valence-electron chi connectivity index (χ4n) is 3.25. The lowest BCUT2D eigenvalue weighted by molar-refractivity contribution is -0.192. The Bertz CT molecular complexity index is 1130. The number of hydrogen-bond donors (Lipinski definition) is 5. The molecule has 0 radical (unpaired) electrons. The van der Waals surface area contributed by atoms with Gasteiger partial charge in [0, 0.05) is 36.2 Å². The van der Waals surface area contributed by atoms with E-state index in [-0.39, 0.29) is 11.9 Å². The lowest BCUT2D eigenvalue weighted by atomic mass is 10.0. The molecule has 0 aliphatic carbocycles. The summed E-state index contributed by atoms with van der Waals surface area (Å²) in [4.78, 5) is 24.1. The van der Waals surface area contributed by atoms with Gasteiger partial charge in [0.2, 0.25) is 0 Å². The van der Waals surface area contributed by atoms with Crippen molar-refractivity contribution in [3.63, 3.8) is 0 Å². The number of hydrogen-bond acceptors (Lipinski definition) is 4. The third-order valence-corrected chi connectivity index (χ3v) is 5.17. The number of benzene rings is 2. The van der Waals surface area contributed by atoms with Gasteiger partial charge in [-0.3, -0.25) is 4.79 Å². The van der Waals surface area contributed by atoms with Crippen LogP contribution in [0.3, 0.4) is 0 Å². The number of carboxylic acids is 1. The molecule has 1 heterocycles. The number of carbonyl (C=O) groups excluding carboxylic acids is 1. The van der Waals surface area contributed by atoms with Gasteiger partial charge in [0.1, 0.15) is 0 Å². The molecule has 5 N–H and O–H groups in total. The molecular formula is C23H25ClF3N3O4. The molecule has 0 saturated heterocycles. The number of aromatic nitrogens is 1. The second-order valence-corrected chi connectivity index (χ2v) is 7.94. The molecule has 0 fully saturated rings. The van der Waals surface area contributed by atoms with Crippen LogP contribution >= 0.6 is 11.6 Å². The fourth-order valence-corrected chi connectivity index (χ4v) is 3.45. The van der Waals surface area contributed by atoms with Gasteiger partial charge in [-0.2, -0.15) is 13.2 Å². The van der Waals surface area contributed by atoms with Gasteiger partial charge < -0.3 is 25.8 Å². The van der Waals surface area contributed by atoms with E-state index in [2.05, 4.69) is 22.5 Å². The van der Waals surface area contributed by atoms with Crippen LogP contribution in [0.5, 0.6) is 0 Å². The number of halogens is 4. The average Bonchev–Trinajstić information content (AvgIpc) is 3.19. The summed E-state index contributed by atoms with van der Waals surface area (Å²) in [5, 5.41) is 25.2. The van der Waals surface area contributed by atoms with Gasteiger partial charge in [-0.25, -0.2) is 4.79 Å². The molecule has 3 aromatic rings. The molecule has 11 heteroatoms. The minimum absolute atomic E-state index is 0.107. The number of rotatable bonds is 7. The number of aliphatic carboxylic acids is 1. The maximum absolute atomic E-state index is 12.0. The monoisotopic (exact) mass is 499 g/mol. The molecule has 0 aliphatic heterocycles. The molecule has 2 atom stereocenters. The van der Waals surface area contributed by atoms with Crippen LogP contribution in [0, 0.1) is 0 Å². The van der Waals surface area contributed by atoms with Crippen LogP contribution < -0.4 is 10.6 Å². The van der Waals surface area contributed by atoms with Crippen LogP contribution in [-0.2, 0) is 11.2 Å². The largest absolute Gasteiger partial charge is 0.490 e. The lowest BCUT2D eigenvalue weighted by Gasteiger charge is -2.17. The number of alkyl halides is 3. The molecule has 184 valence electrons. The van der Waals surface area contributed by atoms with Crippen LogP contribution in [-0.4, -0.2) is 52.9 Å². The number of H-pyrrole nitrogens is 1. The van der Waals surface area contributed by atoms with Gasteiger partial charge in [-0.05, 0) is 42.7 Å². The van der Waals surface area contributed by atoms with Crippen molar-refractivity contribution in [1.82, 2.24) is 15.6 Å². The molecule has 7 nitrogen and oxygen atoms in total. The van der Waals surface area contributed by atoms with Crippen LogP contribution in [0.15, 0.2) is 48.7 Å². The van der Waals surface area contributed by atoms with Crippen LogP contribution in [0.25, 0.3) is 10.9 Å². The van der Waals surface area contributed by atoms with Crippen LogP contribution in [0.2, 0.25) is 5.02 Å². The first-order valence-electron chi connectivity index (χ1n) is 10.2. The minimum Gasteiger partial charge on any atom is -0.475 e. The number of amides is 1. The van der Waals surface area contributed by atoms with Crippen molar-refractivity contribution in [3.05, 3.63) is 70.4 Å². The summed E-state index contributed by atoms with van der Waals surface area (Å²) < 4.78 is 31.7. The average molecular weight is 500 g/mol. The standard InChI is InChI=1S/C21H24ClN3O2.C2HF3O2/c1-13(24-12-19(26)14-5-3-6-16(22)10-14)9-15-11-25-20-17(15)7-4-8-18(20)21(27)23-2;3-2(4,5)1(6)7/h3-8,10-11,13,19,24-26H,9,12H2,1-2H3,(H,23,27);(H,6,7)/t13-,19+;/m1./s1. The van der Waals surface area contributed by atoms with E-state index < -0.39 is 18.2 Å². The highest BCUT2D eigenvalue weighted by molar-refractivity contribution is 6.30. The Hall–Kier alpha value is -3.08. The number of carbonyl (C=O) groups is 2. The Labute approximate surface area is 198 Å². The van der Waals surface area contributed by atoms with Crippen molar-refractivity contribution in [1.29, 1.82) is 0 Å². The SMILES string of the molecule is CNC(=O)c1cccc2c(C[C@@H](C)NC[C@H](O)c3cccc(Cl)c3)c[nH]c12.O=C(O)C(F)(F)F. The van der Waals surface area contributed by atoms with Gasteiger partial charge in [0.15, 0.2) is 0 Å². The first-order valence-corrected chi connectivity index (χ1v) is 10.6. The summed E-state index contributed by atoms with van der Waals surface area (Å²) >= 11 is 5.98. The minimum atomic E-state index is -5.08. The lowest BCUT2D eigenvalue weighted by Crippen LogP contribution is -2.32. The molecule has 0 saturated carbocycles. The summed E-state index contributed by atoms with van der Waals surface area (Å²) in [6.07, 6.45) is -2.98. The number of nitrogens with one attached hydrogen (secondary N) is 3. The maximum atomic E-state index is 12.0. The first-order chi connectivity index (χ1) is 15.9. The molecule has 3 rings (SSSR count). The van der Waals surface area contributed by atoms with Gasteiger partial charge in [-0.1, -0.05) is 35.9 Å². The predicted molar refractivity (Wildman–Crippen MR) is 123 cm³/mol.